The Kier molecular flexibility index (Phi) is 7.01. The van der Waals surface area contributed by atoms with Crippen molar-refractivity contribution in [1.82, 2.24) is 5.43 Å². The predicted molar refractivity (Wildman–Crippen MR) is 102 cm³/mol. The summed E-state index contributed by atoms with van der Waals surface area (Å²) in [4.78, 5) is 23.9. The zero-order valence-electron chi connectivity index (χ0n) is 14.9. The standard InChI is InChI=1S/C18H18ClN3O5/c1-25-13-6-4-11(16(9-13)27-3)10-20-22-18(24)17(23)21-14-8-12(19)5-7-15(14)26-2/h4-10H,1-3H3,(H,21,23)(H,22,24)/b20-10-. The number of carbonyl (C=O) groups is 2. The molecular formula is C18H18ClN3O5. The third-order valence-electron chi connectivity index (χ3n) is 3.43. The highest BCUT2D eigenvalue weighted by molar-refractivity contribution is 6.40. The lowest BCUT2D eigenvalue weighted by Crippen LogP contribution is -2.32. The van der Waals surface area contributed by atoms with Crippen molar-refractivity contribution in [3.8, 4) is 17.2 Å². The van der Waals surface area contributed by atoms with Crippen molar-refractivity contribution in [2.75, 3.05) is 26.6 Å². The average Bonchev–Trinajstić information content (AvgIpc) is 2.68. The Hall–Kier alpha value is -3.26. The van der Waals surface area contributed by atoms with Gasteiger partial charge in [-0.3, -0.25) is 9.59 Å². The van der Waals surface area contributed by atoms with Gasteiger partial charge in [0.15, 0.2) is 0 Å². The Morgan fingerprint density at radius 3 is 2.37 bits per heavy atom. The van der Waals surface area contributed by atoms with E-state index in [2.05, 4.69) is 15.8 Å². The van der Waals surface area contributed by atoms with Crippen molar-refractivity contribution in [3.63, 3.8) is 0 Å². The van der Waals surface area contributed by atoms with Gasteiger partial charge in [-0.05, 0) is 30.3 Å². The topological polar surface area (TPSA) is 98.2 Å². The van der Waals surface area contributed by atoms with Crippen molar-refractivity contribution in [3.05, 3.63) is 47.0 Å². The molecule has 8 nitrogen and oxygen atoms in total. The van der Waals surface area contributed by atoms with Crippen LogP contribution < -0.4 is 25.0 Å². The largest absolute Gasteiger partial charge is 0.497 e. The van der Waals surface area contributed by atoms with E-state index in [1.807, 2.05) is 0 Å². The van der Waals surface area contributed by atoms with Gasteiger partial charge in [-0.1, -0.05) is 11.6 Å². The Balaban J connectivity index is 2.02. The predicted octanol–water partition coefficient (Wildman–Crippen LogP) is 2.45. The minimum Gasteiger partial charge on any atom is -0.497 e. The number of ether oxygens (including phenoxy) is 3. The summed E-state index contributed by atoms with van der Waals surface area (Å²) in [5.41, 5.74) is 3.00. The second-order valence-corrected chi connectivity index (χ2v) is 5.54. The molecule has 0 saturated carbocycles. The third kappa shape index (κ3) is 5.35. The van der Waals surface area contributed by atoms with E-state index in [1.165, 1.54) is 33.6 Å². The van der Waals surface area contributed by atoms with Gasteiger partial charge in [0.25, 0.3) is 0 Å². The molecule has 2 rings (SSSR count). The Morgan fingerprint density at radius 1 is 0.963 bits per heavy atom. The number of carbonyl (C=O) groups excluding carboxylic acids is 2. The van der Waals surface area contributed by atoms with Gasteiger partial charge in [0.2, 0.25) is 0 Å². The van der Waals surface area contributed by atoms with Gasteiger partial charge in [-0.25, -0.2) is 5.43 Å². The maximum absolute atomic E-state index is 12.0. The zero-order chi connectivity index (χ0) is 19.8. The summed E-state index contributed by atoms with van der Waals surface area (Å²) in [6.45, 7) is 0. The van der Waals surface area contributed by atoms with Crippen LogP contribution >= 0.6 is 11.6 Å². The SMILES string of the molecule is COc1ccc(/C=N\NC(=O)C(=O)Nc2cc(Cl)ccc2OC)c(OC)c1. The molecule has 9 heteroatoms. The maximum atomic E-state index is 12.0. The number of hydrogen-bond donors (Lipinski definition) is 2. The van der Waals surface area contributed by atoms with Crippen LogP contribution in [-0.4, -0.2) is 39.4 Å². The second-order valence-electron chi connectivity index (χ2n) is 5.11. The molecule has 2 N–H and O–H groups in total. The van der Waals surface area contributed by atoms with Gasteiger partial charge in [-0.15, -0.1) is 0 Å². The maximum Gasteiger partial charge on any atom is 0.329 e. The fourth-order valence-corrected chi connectivity index (χ4v) is 2.27. The Morgan fingerprint density at radius 2 is 1.70 bits per heavy atom. The van der Waals surface area contributed by atoms with Crippen molar-refractivity contribution in [2.45, 2.75) is 0 Å². The first-order chi connectivity index (χ1) is 13.0. The van der Waals surface area contributed by atoms with Crippen molar-refractivity contribution in [1.29, 1.82) is 0 Å². The first-order valence-corrected chi connectivity index (χ1v) is 8.06. The molecule has 27 heavy (non-hydrogen) atoms. The molecule has 0 radical (unpaired) electrons. The summed E-state index contributed by atoms with van der Waals surface area (Å²) in [6, 6.07) is 9.72. The van der Waals surface area contributed by atoms with Crippen LogP contribution in [0.2, 0.25) is 5.02 Å². The van der Waals surface area contributed by atoms with Gasteiger partial charge in [0, 0.05) is 16.7 Å². The first-order valence-electron chi connectivity index (χ1n) is 7.68. The summed E-state index contributed by atoms with van der Waals surface area (Å²) in [5.74, 6) is -0.398. The molecule has 0 aliphatic heterocycles. The van der Waals surface area contributed by atoms with E-state index >= 15 is 0 Å². The van der Waals surface area contributed by atoms with Crippen LogP contribution in [-0.2, 0) is 9.59 Å². The molecule has 0 aliphatic rings. The quantitative estimate of drug-likeness (QED) is 0.447. The van der Waals surface area contributed by atoms with Crippen molar-refractivity contribution >= 4 is 35.3 Å². The van der Waals surface area contributed by atoms with Gasteiger partial charge < -0.3 is 19.5 Å². The zero-order valence-corrected chi connectivity index (χ0v) is 15.7. The number of nitrogens with zero attached hydrogens (tertiary/aromatic N) is 1. The lowest BCUT2D eigenvalue weighted by molar-refractivity contribution is -0.136. The molecule has 0 heterocycles. The molecule has 2 amide bonds. The van der Waals surface area contributed by atoms with Crippen LogP contribution in [0.4, 0.5) is 5.69 Å². The van der Waals surface area contributed by atoms with E-state index in [9.17, 15) is 9.59 Å². The van der Waals surface area contributed by atoms with Crippen LogP contribution in [0.3, 0.4) is 0 Å². The number of halogens is 1. The van der Waals surface area contributed by atoms with Crippen LogP contribution in [0.1, 0.15) is 5.56 Å². The minimum atomic E-state index is -0.958. The number of rotatable bonds is 6. The Bertz CT molecular complexity index is 870. The van der Waals surface area contributed by atoms with Gasteiger partial charge >= 0.3 is 11.8 Å². The average molecular weight is 392 g/mol. The number of benzene rings is 2. The van der Waals surface area contributed by atoms with Crippen molar-refractivity contribution < 1.29 is 23.8 Å². The second kappa shape index (κ2) is 9.44. The van der Waals surface area contributed by atoms with E-state index in [0.29, 0.717) is 27.8 Å². The summed E-state index contributed by atoms with van der Waals surface area (Å²) >= 11 is 5.89. The first kappa shape index (κ1) is 20.1. The molecule has 0 aliphatic carbocycles. The molecule has 142 valence electrons. The molecule has 0 unspecified atom stereocenters. The van der Waals surface area contributed by atoms with E-state index in [4.69, 9.17) is 25.8 Å². The van der Waals surface area contributed by atoms with Crippen LogP contribution in [0.15, 0.2) is 41.5 Å². The lowest BCUT2D eigenvalue weighted by Gasteiger charge is -2.09. The van der Waals surface area contributed by atoms with Gasteiger partial charge in [-0.2, -0.15) is 5.10 Å². The number of anilines is 1. The fourth-order valence-electron chi connectivity index (χ4n) is 2.09. The number of amides is 2. The van der Waals surface area contributed by atoms with Crippen LogP contribution in [0, 0.1) is 0 Å². The molecule has 2 aromatic carbocycles. The highest BCUT2D eigenvalue weighted by Crippen LogP contribution is 2.27. The fraction of sp³-hybridized carbons (Fsp3) is 0.167. The highest BCUT2D eigenvalue weighted by Gasteiger charge is 2.15. The van der Waals surface area contributed by atoms with Crippen molar-refractivity contribution in [2.24, 2.45) is 5.10 Å². The van der Waals surface area contributed by atoms with E-state index in [-0.39, 0.29) is 5.69 Å². The molecule has 0 spiro atoms. The van der Waals surface area contributed by atoms with E-state index in [1.54, 1.807) is 30.3 Å². The van der Waals surface area contributed by atoms with Crippen LogP contribution in [0.25, 0.3) is 0 Å². The summed E-state index contributed by atoms with van der Waals surface area (Å²) < 4.78 is 15.4. The molecule has 0 fully saturated rings. The molecule has 0 saturated heterocycles. The summed E-state index contributed by atoms with van der Waals surface area (Å²) in [6.07, 6.45) is 1.35. The molecular weight excluding hydrogens is 374 g/mol. The molecule has 0 aromatic heterocycles. The van der Waals surface area contributed by atoms with Gasteiger partial charge in [0.1, 0.15) is 17.2 Å². The normalized spacial score (nSPS) is 10.4. The van der Waals surface area contributed by atoms with Gasteiger partial charge in [0.05, 0.1) is 33.2 Å². The number of hydrogen-bond acceptors (Lipinski definition) is 6. The number of nitrogens with one attached hydrogen (secondary N) is 2. The number of methoxy groups -OCH3 is 3. The van der Waals surface area contributed by atoms with E-state index < -0.39 is 11.8 Å². The number of hydrazone groups is 1. The molecule has 0 bridgehead atoms. The molecule has 2 aromatic rings. The lowest BCUT2D eigenvalue weighted by atomic mass is 10.2. The smallest absolute Gasteiger partial charge is 0.329 e. The Labute approximate surface area is 161 Å². The van der Waals surface area contributed by atoms with Crippen LogP contribution in [0.5, 0.6) is 17.2 Å². The van der Waals surface area contributed by atoms with E-state index in [0.717, 1.165) is 0 Å². The monoisotopic (exact) mass is 391 g/mol. The third-order valence-corrected chi connectivity index (χ3v) is 3.66. The molecule has 0 atom stereocenters. The summed E-state index contributed by atoms with van der Waals surface area (Å²) in [7, 11) is 4.47. The minimum absolute atomic E-state index is 0.269. The summed E-state index contributed by atoms with van der Waals surface area (Å²) in [5, 5.41) is 6.56. The highest BCUT2D eigenvalue weighted by atomic mass is 35.5.